The van der Waals surface area contributed by atoms with Gasteiger partial charge in [0.05, 0.1) is 17.3 Å². The molecule has 0 aliphatic heterocycles. The minimum atomic E-state index is 0.621. The number of rotatable bonds is 2. The topological polar surface area (TPSA) is 45.4 Å². The van der Waals surface area contributed by atoms with Gasteiger partial charge in [0.1, 0.15) is 7.11 Å². The van der Waals surface area contributed by atoms with Crippen LogP contribution >= 0.6 is 22.6 Å². The number of benzene rings is 1. The molecule has 0 unspecified atom stereocenters. The Kier molecular flexibility index (Phi) is 3.89. The maximum atomic E-state index is 8.91. The van der Waals surface area contributed by atoms with Gasteiger partial charge in [-0.1, -0.05) is 11.2 Å². The highest BCUT2D eigenvalue weighted by Crippen LogP contribution is 2.14. The summed E-state index contributed by atoms with van der Waals surface area (Å²) in [4.78, 5) is 4.66. The molecule has 3 nitrogen and oxygen atoms in total. The minimum Gasteiger partial charge on any atom is -0.399 e. The largest absolute Gasteiger partial charge is 0.399 e. The second-order valence-corrected chi connectivity index (χ2v) is 3.91. The van der Waals surface area contributed by atoms with Crippen molar-refractivity contribution >= 4 is 28.3 Å². The zero-order chi connectivity index (χ0) is 10.6. The van der Waals surface area contributed by atoms with Crippen LogP contribution in [0.2, 0.25) is 0 Å². The summed E-state index contributed by atoms with van der Waals surface area (Å²) in [7, 11) is 1.49. The van der Waals surface area contributed by atoms with Gasteiger partial charge in [0, 0.05) is 9.13 Å². The molecule has 0 bridgehead atoms. The molecular weight excluding hydrogens is 291 g/mol. The van der Waals surface area contributed by atoms with Crippen LogP contribution in [0.3, 0.4) is 0 Å². The van der Waals surface area contributed by atoms with E-state index in [1.54, 1.807) is 0 Å². The predicted molar refractivity (Wildman–Crippen MR) is 63.1 cm³/mol. The lowest BCUT2D eigenvalue weighted by atomic mass is 10.1. The van der Waals surface area contributed by atoms with E-state index in [1.165, 1.54) is 7.11 Å². The second kappa shape index (κ2) is 4.96. The van der Waals surface area contributed by atoms with E-state index in [4.69, 9.17) is 5.26 Å². The average Bonchev–Trinajstić information content (AvgIpc) is 2.17. The standard InChI is InChI=1S/C10H9IN2O/c1-7(13-14-2)10-4-3-9(11)5-8(10)6-12/h3-5H,1-2H3/b13-7+. The molecule has 4 heteroatoms. The summed E-state index contributed by atoms with van der Waals surface area (Å²) in [5.74, 6) is 0. The van der Waals surface area contributed by atoms with Gasteiger partial charge in [-0.3, -0.25) is 0 Å². The zero-order valence-electron chi connectivity index (χ0n) is 7.91. The van der Waals surface area contributed by atoms with Gasteiger partial charge >= 0.3 is 0 Å². The Bertz CT molecular complexity index is 407. The molecule has 0 heterocycles. The molecule has 0 fully saturated rings. The smallest absolute Gasteiger partial charge is 0.106 e. The summed E-state index contributed by atoms with van der Waals surface area (Å²) in [6, 6.07) is 7.77. The number of hydrogen-bond donors (Lipinski definition) is 0. The van der Waals surface area contributed by atoms with Gasteiger partial charge in [-0.05, 0) is 41.6 Å². The van der Waals surface area contributed by atoms with Gasteiger partial charge in [-0.25, -0.2) is 0 Å². The van der Waals surface area contributed by atoms with Crippen LogP contribution in [0.5, 0.6) is 0 Å². The van der Waals surface area contributed by atoms with Crippen LogP contribution in [-0.4, -0.2) is 12.8 Å². The van der Waals surface area contributed by atoms with E-state index in [2.05, 4.69) is 38.7 Å². The lowest BCUT2D eigenvalue weighted by Gasteiger charge is -2.02. The molecule has 1 aromatic carbocycles. The predicted octanol–water partition coefficient (Wildman–Crippen LogP) is 2.53. The monoisotopic (exact) mass is 300 g/mol. The Labute approximate surface area is 96.5 Å². The third-order valence-electron chi connectivity index (χ3n) is 1.72. The highest BCUT2D eigenvalue weighted by molar-refractivity contribution is 14.1. The fraction of sp³-hybridized carbons (Fsp3) is 0.200. The Morgan fingerprint density at radius 3 is 2.86 bits per heavy atom. The van der Waals surface area contributed by atoms with E-state index in [0.717, 1.165) is 9.13 Å². The normalized spacial score (nSPS) is 10.9. The number of halogens is 1. The summed E-state index contributed by atoms with van der Waals surface area (Å²) in [5.41, 5.74) is 2.14. The molecule has 0 N–H and O–H groups in total. The molecule has 0 saturated heterocycles. The van der Waals surface area contributed by atoms with Crippen molar-refractivity contribution in [1.29, 1.82) is 5.26 Å². The van der Waals surface area contributed by atoms with Gasteiger partial charge in [-0.15, -0.1) is 0 Å². The van der Waals surface area contributed by atoms with Crippen LogP contribution in [0.25, 0.3) is 0 Å². The highest BCUT2D eigenvalue weighted by Gasteiger charge is 2.05. The molecule has 0 spiro atoms. The van der Waals surface area contributed by atoms with Crippen LogP contribution in [-0.2, 0) is 4.84 Å². The molecule has 1 aromatic rings. The van der Waals surface area contributed by atoms with Crippen molar-refractivity contribution in [1.82, 2.24) is 0 Å². The molecule has 72 valence electrons. The third kappa shape index (κ3) is 2.45. The highest BCUT2D eigenvalue weighted by atomic mass is 127. The Balaban J connectivity index is 3.22. The maximum absolute atomic E-state index is 8.91. The number of nitriles is 1. The first-order valence-electron chi connectivity index (χ1n) is 3.97. The minimum absolute atomic E-state index is 0.621. The SMILES string of the molecule is CO/N=C(\C)c1ccc(I)cc1C#N. The van der Waals surface area contributed by atoms with E-state index in [0.29, 0.717) is 11.3 Å². The lowest BCUT2D eigenvalue weighted by molar-refractivity contribution is 0.213. The quantitative estimate of drug-likeness (QED) is 0.478. The van der Waals surface area contributed by atoms with Crippen LogP contribution in [0.15, 0.2) is 23.4 Å². The summed E-state index contributed by atoms with van der Waals surface area (Å²) < 4.78 is 1.04. The molecular formula is C10H9IN2O. The maximum Gasteiger partial charge on any atom is 0.106 e. The van der Waals surface area contributed by atoms with Crippen LogP contribution in [0.1, 0.15) is 18.1 Å². The molecule has 0 saturated carbocycles. The second-order valence-electron chi connectivity index (χ2n) is 2.66. The summed E-state index contributed by atoms with van der Waals surface area (Å²) >= 11 is 2.17. The van der Waals surface area contributed by atoms with Crippen molar-refractivity contribution in [2.45, 2.75) is 6.92 Å². The van der Waals surface area contributed by atoms with Gasteiger partial charge < -0.3 is 4.84 Å². The fourth-order valence-corrected chi connectivity index (χ4v) is 1.60. The first-order chi connectivity index (χ1) is 6.69. The Morgan fingerprint density at radius 1 is 1.57 bits per heavy atom. The third-order valence-corrected chi connectivity index (χ3v) is 2.39. The summed E-state index contributed by atoms with van der Waals surface area (Å²) in [5, 5.41) is 12.7. The Hall–Kier alpha value is -1.09. The van der Waals surface area contributed by atoms with Crippen molar-refractivity contribution in [3.8, 4) is 6.07 Å². The number of nitrogens with zero attached hydrogens (tertiary/aromatic N) is 2. The van der Waals surface area contributed by atoms with Gasteiger partial charge in [0.25, 0.3) is 0 Å². The van der Waals surface area contributed by atoms with Crippen molar-refractivity contribution in [2.75, 3.05) is 7.11 Å². The van der Waals surface area contributed by atoms with Crippen molar-refractivity contribution in [3.05, 3.63) is 32.9 Å². The molecule has 0 radical (unpaired) electrons. The van der Waals surface area contributed by atoms with Gasteiger partial charge in [0.15, 0.2) is 0 Å². The number of oxime groups is 1. The number of hydrogen-bond acceptors (Lipinski definition) is 3. The molecule has 14 heavy (non-hydrogen) atoms. The fourth-order valence-electron chi connectivity index (χ4n) is 1.11. The summed E-state index contributed by atoms with van der Waals surface area (Å²) in [6.07, 6.45) is 0. The Morgan fingerprint density at radius 2 is 2.29 bits per heavy atom. The van der Waals surface area contributed by atoms with E-state index in [9.17, 15) is 0 Å². The van der Waals surface area contributed by atoms with Crippen LogP contribution < -0.4 is 0 Å². The average molecular weight is 300 g/mol. The molecule has 1 rings (SSSR count). The molecule has 0 amide bonds. The molecule has 0 aliphatic carbocycles. The van der Waals surface area contributed by atoms with E-state index < -0.39 is 0 Å². The van der Waals surface area contributed by atoms with Crippen molar-refractivity contribution in [2.24, 2.45) is 5.16 Å². The molecule has 0 aromatic heterocycles. The van der Waals surface area contributed by atoms with Gasteiger partial charge in [-0.2, -0.15) is 5.26 Å². The lowest BCUT2D eigenvalue weighted by Crippen LogP contribution is -1.99. The van der Waals surface area contributed by atoms with E-state index >= 15 is 0 Å². The van der Waals surface area contributed by atoms with Crippen molar-refractivity contribution < 1.29 is 4.84 Å². The van der Waals surface area contributed by atoms with Crippen molar-refractivity contribution in [3.63, 3.8) is 0 Å². The summed E-state index contributed by atoms with van der Waals surface area (Å²) in [6.45, 7) is 1.81. The zero-order valence-corrected chi connectivity index (χ0v) is 10.1. The first-order valence-corrected chi connectivity index (χ1v) is 5.04. The van der Waals surface area contributed by atoms with E-state index in [1.807, 2.05) is 25.1 Å². The van der Waals surface area contributed by atoms with E-state index in [-0.39, 0.29) is 0 Å². The van der Waals surface area contributed by atoms with Crippen LogP contribution in [0.4, 0.5) is 0 Å². The molecule has 0 aliphatic rings. The van der Waals surface area contributed by atoms with Gasteiger partial charge in [0.2, 0.25) is 0 Å². The first kappa shape index (κ1) is 11.0. The molecule has 0 atom stereocenters. The van der Waals surface area contributed by atoms with Crippen LogP contribution in [0, 0.1) is 14.9 Å².